The van der Waals surface area contributed by atoms with Crippen LogP contribution in [-0.2, 0) is 0 Å². The molecule has 0 aromatic rings. The normalized spacial score (nSPS) is 56.1. The van der Waals surface area contributed by atoms with Crippen LogP contribution in [0.1, 0.15) is 45.4 Å². The van der Waals surface area contributed by atoms with Crippen molar-refractivity contribution < 1.29 is 0 Å². The number of hydrogen-bond acceptors (Lipinski definition) is 1. The SMILES string of the molecule is CNC12CC3CC(CC(C1)C(C)C3)C2. The highest BCUT2D eigenvalue weighted by Crippen LogP contribution is 2.54. The Hall–Kier alpha value is -0.0400. The van der Waals surface area contributed by atoms with Gasteiger partial charge in [0.2, 0.25) is 0 Å². The summed E-state index contributed by atoms with van der Waals surface area (Å²) >= 11 is 0. The molecule has 1 N–H and O–H groups in total. The minimum absolute atomic E-state index is 0.557. The van der Waals surface area contributed by atoms with Crippen LogP contribution in [0.5, 0.6) is 0 Å². The summed E-state index contributed by atoms with van der Waals surface area (Å²) in [4.78, 5) is 0. The average molecular weight is 193 g/mol. The van der Waals surface area contributed by atoms with Crippen LogP contribution in [0, 0.1) is 23.7 Å². The highest BCUT2D eigenvalue weighted by Gasteiger charge is 2.49. The van der Waals surface area contributed by atoms with Gasteiger partial charge in [-0.1, -0.05) is 6.92 Å². The fourth-order valence-electron chi connectivity index (χ4n) is 4.82. The Bertz CT molecular complexity index is 237. The number of hydrogen-bond donors (Lipinski definition) is 1. The van der Waals surface area contributed by atoms with Crippen molar-refractivity contribution in [2.24, 2.45) is 23.7 Å². The van der Waals surface area contributed by atoms with E-state index in [9.17, 15) is 0 Å². The first-order valence-electron chi connectivity index (χ1n) is 6.40. The van der Waals surface area contributed by atoms with Gasteiger partial charge in [0, 0.05) is 5.54 Å². The van der Waals surface area contributed by atoms with Crippen molar-refractivity contribution in [2.45, 2.75) is 51.0 Å². The molecule has 0 aromatic heterocycles. The van der Waals surface area contributed by atoms with Crippen molar-refractivity contribution in [3.8, 4) is 0 Å². The molecule has 0 spiro atoms. The molecular formula is C13H23N. The third kappa shape index (κ3) is 1.25. The molecule has 5 unspecified atom stereocenters. The maximum Gasteiger partial charge on any atom is 0.0186 e. The van der Waals surface area contributed by atoms with Crippen molar-refractivity contribution >= 4 is 0 Å². The first kappa shape index (κ1) is 9.21. The molecular weight excluding hydrogens is 170 g/mol. The molecule has 0 aromatic carbocycles. The maximum atomic E-state index is 3.67. The largest absolute Gasteiger partial charge is 0.314 e. The molecule has 4 rings (SSSR count). The fraction of sp³-hybridized carbons (Fsp3) is 1.00. The quantitative estimate of drug-likeness (QED) is 0.675. The summed E-state index contributed by atoms with van der Waals surface area (Å²) in [5, 5.41) is 3.67. The second kappa shape index (κ2) is 2.98. The van der Waals surface area contributed by atoms with Gasteiger partial charge in [-0.3, -0.25) is 0 Å². The van der Waals surface area contributed by atoms with E-state index in [1.54, 1.807) is 12.8 Å². The average Bonchev–Trinajstić information content (AvgIpc) is 2.30. The molecule has 1 nitrogen and oxygen atoms in total. The van der Waals surface area contributed by atoms with Crippen LogP contribution in [0.4, 0.5) is 0 Å². The van der Waals surface area contributed by atoms with Gasteiger partial charge in [-0.2, -0.15) is 0 Å². The monoisotopic (exact) mass is 193 g/mol. The fourth-order valence-corrected chi connectivity index (χ4v) is 4.82. The molecule has 5 atom stereocenters. The van der Waals surface area contributed by atoms with Crippen molar-refractivity contribution in [3.05, 3.63) is 0 Å². The Morgan fingerprint density at radius 2 is 1.71 bits per heavy atom. The van der Waals surface area contributed by atoms with Gasteiger partial charge in [0.1, 0.15) is 0 Å². The molecule has 0 amide bonds. The van der Waals surface area contributed by atoms with Crippen LogP contribution in [0.3, 0.4) is 0 Å². The molecule has 14 heavy (non-hydrogen) atoms. The van der Waals surface area contributed by atoms with Crippen LogP contribution in [0.25, 0.3) is 0 Å². The lowest BCUT2D eigenvalue weighted by molar-refractivity contribution is 0.0747. The van der Waals surface area contributed by atoms with Crippen LogP contribution < -0.4 is 5.32 Å². The van der Waals surface area contributed by atoms with E-state index in [1.807, 2.05) is 0 Å². The van der Waals surface area contributed by atoms with E-state index in [0.717, 1.165) is 23.7 Å². The number of nitrogens with one attached hydrogen (secondary N) is 1. The molecule has 4 aliphatic rings. The van der Waals surface area contributed by atoms with Gasteiger partial charge in [-0.25, -0.2) is 0 Å². The van der Waals surface area contributed by atoms with Crippen molar-refractivity contribution in [2.75, 3.05) is 7.05 Å². The zero-order valence-corrected chi connectivity index (χ0v) is 9.55. The van der Waals surface area contributed by atoms with Gasteiger partial charge in [0.15, 0.2) is 0 Å². The van der Waals surface area contributed by atoms with E-state index < -0.39 is 0 Å². The summed E-state index contributed by atoms with van der Waals surface area (Å²) in [6, 6.07) is 0. The van der Waals surface area contributed by atoms with Crippen molar-refractivity contribution in [1.29, 1.82) is 0 Å². The van der Waals surface area contributed by atoms with Gasteiger partial charge in [-0.15, -0.1) is 0 Å². The minimum Gasteiger partial charge on any atom is -0.314 e. The third-order valence-electron chi connectivity index (χ3n) is 5.35. The van der Waals surface area contributed by atoms with Gasteiger partial charge in [0.25, 0.3) is 0 Å². The van der Waals surface area contributed by atoms with Gasteiger partial charge in [0.05, 0.1) is 0 Å². The summed E-state index contributed by atoms with van der Waals surface area (Å²) in [5.41, 5.74) is 0.557. The Morgan fingerprint density at radius 1 is 1.00 bits per heavy atom. The molecule has 1 heteroatoms. The van der Waals surface area contributed by atoms with E-state index in [4.69, 9.17) is 0 Å². The Balaban J connectivity index is 1.94. The summed E-state index contributed by atoms with van der Waals surface area (Å²) < 4.78 is 0. The maximum absolute atomic E-state index is 3.67. The highest BCUT2D eigenvalue weighted by atomic mass is 15.0. The van der Waals surface area contributed by atoms with E-state index >= 15 is 0 Å². The number of rotatable bonds is 1. The van der Waals surface area contributed by atoms with Crippen molar-refractivity contribution in [3.63, 3.8) is 0 Å². The molecule has 0 saturated heterocycles. The van der Waals surface area contributed by atoms with Crippen LogP contribution in [0.2, 0.25) is 0 Å². The second-order valence-electron chi connectivity index (χ2n) is 6.32. The lowest BCUT2D eigenvalue weighted by Gasteiger charge is -2.48. The van der Waals surface area contributed by atoms with Gasteiger partial charge >= 0.3 is 0 Å². The zero-order valence-electron chi connectivity index (χ0n) is 9.55. The third-order valence-corrected chi connectivity index (χ3v) is 5.35. The topological polar surface area (TPSA) is 12.0 Å². The Morgan fingerprint density at radius 3 is 2.43 bits per heavy atom. The highest BCUT2D eigenvalue weighted by molar-refractivity contribution is 5.04. The molecule has 0 aliphatic heterocycles. The lowest BCUT2D eigenvalue weighted by Crippen LogP contribution is -2.52. The summed E-state index contributed by atoms with van der Waals surface area (Å²) in [7, 11) is 2.19. The van der Waals surface area contributed by atoms with E-state index in [-0.39, 0.29) is 0 Å². The lowest BCUT2D eigenvalue weighted by atomic mass is 9.63. The zero-order chi connectivity index (χ0) is 9.76. The van der Waals surface area contributed by atoms with Gasteiger partial charge in [-0.05, 0) is 69.2 Å². The first-order chi connectivity index (χ1) is 6.71. The predicted molar refractivity (Wildman–Crippen MR) is 59.1 cm³/mol. The Labute approximate surface area is 87.7 Å². The smallest absolute Gasteiger partial charge is 0.0186 e. The van der Waals surface area contributed by atoms with Crippen LogP contribution in [0.15, 0.2) is 0 Å². The summed E-state index contributed by atoms with van der Waals surface area (Å²) in [6.45, 7) is 2.50. The summed E-state index contributed by atoms with van der Waals surface area (Å²) in [6.07, 6.45) is 9.03. The minimum atomic E-state index is 0.557. The molecule has 80 valence electrons. The number of fused-ring (bicyclic) bond motifs is 1. The van der Waals surface area contributed by atoms with Crippen molar-refractivity contribution in [1.82, 2.24) is 5.32 Å². The predicted octanol–water partition coefficient (Wildman–Crippen LogP) is 2.81. The molecule has 4 aliphatic carbocycles. The molecule has 4 saturated carbocycles. The van der Waals surface area contributed by atoms with Gasteiger partial charge < -0.3 is 5.32 Å². The standard InChI is InChI=1S/C13H23N/c1-9-3-10-4-11-5-12(9)8-13(6-10,7-11)14-2/h9-12,14H,3-8H2,1-2H3. The van der Waals surface area contributed by atoms with E-state index in [1.165, 1.54) is 25.7 Å². The van der Waals surface area contributed by atoms with Crippen LogP contribution in [-0.4, -0.2) is 12.6 Å². The molecule has 0 heterocycles. The Kier molecular flexibility index (Phi) is 1.96. The van der Waals surface area contributed by atoms with E-state index in [0.29, 0.717) is 5.54 Å². The molecule has 4 bridgehead atoms. The van der Waals surface area contributed by atoms with Crippen LogP contribution >= 0.6 is 0 Å². The first-order valence-corrected chi connectivity index (χ1v) is 6.40. The molecule has 4 fully saturated rings. The van der Waals surface area contributed by atoms with E-state index in [2.05, 4.69) is 19.3 Å². The summed E-state index contributed by atoms with van der Waals surface area (Å²) in [5.74, 6) is 4.14. The second-order valence-corrected chi connectivity index (χ2v) is 6.32. The molecule has 0 radical (unpaired) electrons.